The third kappa shape index (κ3) is 12.6. The number of carbonyl (C=O) groups is 3. The quantitative estimate of drug-likeness (QED) is 0.129. The number of hydrogen-bond donors (Lipinski definition) is 4. The fourth-order valence-electron chi connectivity index (χ4n) is 5.37. The number of amides is 2. The first-order valence-electron chi connectivity index (χ1n) is 16.4. The SMILES string of the molecule is CC[C@H](NCC(Cc1ccccc1)c1cc(C=O)cc(-c2ccccc2C#N)c1)C(=O)NCC1CC1.CNCc1ccccc1.NC=O. The fraction of sp³-hybridized carbons (Fsp3) is 0.300. The number of nitriles is 1. The Bertz CT molecular complexity index is 1600. The van der Waals surface area contributed by atoms with Gasteiger partial charge in [-0.15, -0.1) is 0 Å². The molecule has 1 unspecified atom stereocenters. The Kier molecular flexibility index (Phi) is 16.3. The summed E-state index contributed by atoms with van der Waals surface area (Å²) >= 11 is 0. The summed E-state index contributed by atoms with van der Waals surface area (Å²) in [5.41, 5.74) is 10.5. The van der Waals surface area contributed by atoms with Crippen molar-refractivity contribution in [2.24, 2.45) is 11.7 Å². The molecular formula is C40H47N5O3. The number of carbonyl (C=O) groups excluding carboxylic acids is 3. The first-order valence-corrected chi connectivity index (χ1v) is 16.4. The molecule has 5 N–H and O–H groups in total. The second-order valence-corrected chi connectivity index (χ2v) is 11.8. The van der Waals surface area contributed by atoms with E-state index in [0.29, 0.717) is 30.0 Å². The lowest BCUT2D eigenvalue weighted by molar-refractivity contribution is -0.123. The van der Waals surface area contributed by atoms with Gasteiger partial charge >= 0.3 is 0 Å². The standard InChI is InChI=1S/C31H33N3O2.C8H11N.CH3NO/c1-2-30(31(36)34-19-23-12-13-23)33-20-28(14-22-8-4-3-5-9-22)26-15-24(21-35)16-27(17-26)29-11-7-6-10-25(29)18-32;1-9-7-8-5-3-2-4-6-8;2-1-3/h3-11,15-17,21,23,28,30,33H,2,12-14,19-20H2,1H3,(H,34,36);2-6,9H,7H2,1H3;1H,(H2,2,3)/t28?,30-;;/m0../s1. The predicted molar refractivity (Wildman–Crippen MR) is 192 cm³/mol. The van der Waals surface area contributed by atoms with E-state index in [1.807, 2.05) is 80.7 Å². The van der Waals surface area contributed by atoms with Crippen LogP contribution in [0.25, 0.3) is 11.1 Å². The minimum absolute atomic E-state index is 0.0329. The molecule has 0 aliphatic heterocycles. The lowest BCUT2D eigenvalue weighted by Crippen LogP contribution is -2.45. The van der Waals surface area contributed by atoms with E-state index in [2.05, 4.69) is 58.1 Å². The Morgan fingerprint density at radius 2 is 1.56 bits per heavy atom. The van der Waals surface area contributed by atoms with E-state index in [-0.39, 0.29) is 24.3 Å². The molecule has 0 heterocycles. The Labute approximate surface area is 284 Å². The highest BCUT2D eigenvalue weighted by Crippen LogP contribution is 2.30. The highest BCUT2D eigenvalue weighted by molar-refractivity contribution is 5.82. The monoisotopic (exact) mass is 645 g/mol. The van der Waals surface area contributed by atoms with Crippen LogP contribution in [0.5, 0.6) is 0 Å². The molecule has 1 aliphatic rings. The van der Waals surface area contributed by atoms with Gasteiger partial charge in [0, 0.05) is 31.1 Å². The van der Waals surface area contributed by atoms with Crippen molar-refractivity contribution in [3.05, 3.63) is 131 Å². The molecule has 48 heavy (non-hydrogen) atoms. The molecule has 2 amide bonds. The minimum atomic E-state index is -0.268. The van der Waals surface area contributed by atoms with Gasteiger partial charge in [0.2, 0.25) is 12.3 Å². The smallest absolute Gasteiger partial charge is 0.237 e. The predicted octanol–water partition coefficient (Wildman–Crippen LogP) is 5.77. The maximum atomic E-state index is 12.8. The third-order valence-corrected chi connectivity index (χ3v) is 8.09. The number of hydrogen-bond acceptors (Lipinski definition) is 6. The van der Waals surface area contributed by atoms with E-state index in [1.54, 1.807) is 6.07 Å². The van der Waals surface area contributed by atoms with E-state index in [4.69, 9.17) is 4.79 Å². The summed E-state index contributed by atoms with van der Waals surface area (Å²) in [5, 5.41) is 19.3. The van der Waals surface area contributed by atoms with Gasteiger partial charge in [-0.25, -0.2) is 0 Å². The number of benzene rings is 4. The number of aldehydes is 1. The minimum Gasteiger partial charge on any atom is -0.372 e. The Morgan fingerprint density at radius 1 is 0.938 bits per heavy atom. The molecule has 250 valence electrons. The average molecular weight is 646 g/mol. The van der Waals surface area contributed by atoms with Crippen molar-refractivity contribution in [2.75, 3.05) is 20.1 Å². The van der Waals surface area contributed by atoms with E-state index in [1.165, 1.54) is 24.0 Å². The second-order valence-electron chi connectivity index (χ2n) is 11.8. The highest BCUT2D eigenvalue weighted by atomic mass is 16.2. The molecule has 1 fully saturated rings. The van der Waals surface area contributed by atoms with Crippen LogP contribution in [0.15, 0.2) is 103 Å². The largest absolute Gasteiger partial charge is 0.372 e. The molecule has 4 aromatic carbocycles. The average Bonchev–Trinajstić information content (AvgIpc) is 3.97. The van der Waals surface area contributed by atoms with Crippen LogP contribution in [0.3, 0.4) is 0 Å². The number of nitrogens with zero attached hydrogens (tertiary/aromatic N) is 1. The van der Waals surface area contributed by atoms with Crippen LogP contribution < -0.4 is 21.7 Å². The summed E-state index contributed by atoms with van der Waals surface area (Å²) in [6.07, 6.45) is 4.97. The van der Waals surface area contributed by atoms with Gasteiger partial charge in [0.25, 0.3) is 0 Å². The second kappa shape index (κ2) is 20.9. The lowest BCUT2D eigenvalue weighted by Gasteiger charge is -2.24. The molecule has 0 bridgehead atoms. The Morgan fingerprint density at radius 3 is 2.15 bits per heavy atom. The van der Waals surface area contributed by atoms with E-state index >= 15 is 0 Å². The normalized spacial score (nSPS) is 12.9. The molecule has 8 nitrogen and oxygen atoms in total. The van der Waals surface area contributed by atoms with Crippen molar-refractivity contribution in [1.82, 2.24) is 16.0 Å². The number of nitrogens with two attached hydrogens (primary N) is 1. The van der Waals surface area contributed by atoms with Gasteiger partial charge in [0.15, 0.2) is 0 Å². The van der Waals surface area contributed by atoms with Crippen LogP contribution in [0.1, 0.15) is 64.7 Å². The van der Waals surface area contributed by atoms with E-state index in [9.17, 15) is 14.9 Å². The molecule has 0 aromatic heterocycles. The van der Waals surface area contributed by atoms with Crippen molar-refractivity contribution < 1.29 is 14.4 Å². The van der Waals surface area contributed by atoms with Crippen LogP contribution in [0.2, 0.25) is 0 Å². The maximum Gasteiger partial charge on any atom is 0.237 e. The summed E-state index contributed by atoms with van der Waals surface area (Å²) in [5.74, 6) is 0.719. The first kappa shape index (κ1) is 37.4. The zero-order valence-corrected chi connectivity index (χ0v) is 27.9. The summed E-state index contributed by atoms with van der Waals surface area (Å²) in [7, 11) is 1.95. The first-order chi connectivity index (χ1) is 23.5. The zero-order valence-electron chi connectivity index (χ0n) is 27.9. The van der Waals surface area contributed by atoms with Gasteiger partial charge in [0.1, 0.15) is 6.29 Å². The molecule has 2 atom stereocenters. The van der Waals surface area contributed by atoms with Crippen molar-refractivity contribution in [3.63, 3.8) is 0 Å². The molecular weight excluding hydrogens is 598 g/mol. The number of rotatable bonds is 14. The number of primary amides is 1. The van der Waals surface area contributed by atoms with Crippen molar-refractivity contribution in [1.29, 1.82) is 5.26 Å². The van der Waals surface area contributed by atoms with Crippen LogP contribution in [-0.2, 0) is 22.6 Å². The highest BCUT2D eigenvalue weighted by Gasteiger charge is 2.25. The molecule has 5 rings (SSSR count). The zero-order chi connectivity index (χ0) is 34.6. The fourth-order valence-corrected chi connectivity index (χ4v) is 5.37. The Balaban J connectivity index is 0.000000441. The maximum absolute atomic E-state index is 12.8. The molecule has 4 aromatic rings. The molecule has 0 saturated heterocycles. The molecule has 0 spiro atoms. The molecule has 1 aliphatic carbocycles. The molecule has 8 heteroatoms. The molecule has 0 radical (unpaired) electrons. The van der Waals surface area contributed by atoms with Crippen LogP contribution in [0.4, 0.5) is 0 Å². The van der Waals surface area contributed by atoms with Crippen molar-refractivity contribution in [3.8, 4) is 17.2 Å². The third-order valence-electron chi connectivity index (χ3n) is 8.09. The van der Waals surface area contributed by atoms with Gasteiger partial charge in [-0.05, 0) is 84.7 Å². The van der Waals surface area contributed by atoms with Crippen molar-refractivity contribution >= 4 is 18.6 Å². The number of nitrogens with one attached hydrogen (secondary N) is 3. The van der Waals surface area contributed by atoms with Crippen LogP contribution >= 0.6 is 0 Å². The summed E-state index contributed by atoms with van der Waals surface area (Å²) in [6, 6.07) is 35.9. The van der Waals surface area contributed by atoms with Gasteiger partial charge in [0.05, 0.1) is 17.7 Å². The summed E-state index contributed by atoms with van der Waals surface area (Å²) < 4.78 is 0. The van der Waals surface area contributed by atoms with E-state index < -0.39 is 0 Å². The van der Waals surface area contributed by atoms with Crippen LogP contribution in [-0.4, -0.2) is 44.8 Å². The van der Waals surface area contributed by atoms with Gasteiger partial charge in [-0.3, -0.25) is 14.4 Å². The summed E-state index contributed by atoms with van der Waals surface area (Å²) in [4.78, 5) is 33.2. The van der Waals surface area contributed by atoms with Gasteiger partial charge in [-0.1, -0.05) is 91.9 Å². The summed E-state index contributed by atoms with van der Waals surface area (Å²) in [6.45, 7) is 4.32. The molecule has 1 saturated carbocycles. The lowest BCUT2D eigenvalue weighted by atomic mass is 9.87. The Hall–Kier alpha value is -5.10. The van der Waals surface area contributed by atoms with Gasteiger partial charge in [-0.2, -0.15) is 5.26 Å². The van der Waals surface area contributed by atoms with Crippen molar-refractivity contribution in [2.45, 2.75) is 51.1 Å². The van der Waals surface area contributed by atoms with Crippen LogP contribution in [0, 0.1) is 17.2 Å². The van der Waals surface area contributed by atoms with Gasteiger partial charge < -0.3 is 21.7 Å². The van der Waals surface area contributed by atoms with E-state index in [0.717, 1.165) is 42.5 Å². The topological polar surface area (TPSA) is 137 Å².